The number of nitrogens with zero attached hydrogens (tertiary/aromatic N) is 3. The second kappa shape index (κ2) is 8.36. The Kier molecular flexibility index (Phi) is 5.47. The molecule has 4 rings (SSSR count). The van der Waals surface area contributed by atoms with Gasteiger partial charge in [0.15, 0.2) is 0 Å². The number of nitrogens with one attached hydrogen (secondary N) is 1. The van der Waals surface area contributed by atoms with E-state index in [9.17, 15) is 9.18 Å². The summed E-state index contributed by atoms with van der Waals surface area (Å²) in [5.41, 5.74) is 13.4. The molecule has 30 heavy (non-hydrogen) atoms. The van der Waals surface area contributed by atoms with Crippen molar-refractivity contribution in [2.45, 2.75) is 12.8 Å². The average Bonchev–Trinajstić information content (AvgIpc) is 2.76. The van der Waals surface area contributed by atoms with Crippen LogP contribution in [-0.4, -0.2) is 29.0 Å². The lowest BCUT2D eigenvalue weighted by Gasteiger charge is -2.33. The van der Waals surface area contributed by atoms with E-state index in [1.165, 1.54) is 12.1 Å². The number of halogens is 1. The molecule has 1 aliphatic rings. The molecule has 8 heteroatoms. The van der Waals surface area contributed by atoms with Gasteiger partial charge in [-0.25, -0.2) is 9.37 Å². The molecule has 0 unspecified atom stereocenters. The summed E-state index contributed by atoms with van der Waals surface area (Å²) in [6.45, 7) is 1.27. The zero-order valence-electron chi connectivity index (χ0n) is 16.4. The fraction of sp³-hybridized carbons (Fsp3) is 0.227. The molecule has 0 saturated carbocycles. The predicted molar refractivity (Wildman–Crippen MR) is 116 cm³/mol. The van der Waals surface area contributed by atoms with Crippen LogP contribution in [0.4, 0.5) is 27.5 Å². The molecular formula is C22H23FN6O. The SMILES string of the molecule is Nc1nc(-c2ccc(N)c(F)c2)cc(N2CCC[C@H](C(=O)Nc3ccccc3)C2)n1. The van der Waals surface area contributed by atoms with Gasteiger partial charge in [0, 0.05) is 30.4 Å². The maximum Gasteiger partial charge on any atom is 0.229 e. The van der Waals surface area contributed by atoms with E-state index >= 15 is 0 Å². The number of nitrogen functional groups attached to an aromatic ring is 2. The number of hydrogen-bond acceptors (Lipinski definition) is 6. The molecule has 2 heterocycles. The topological polar surface area (TPSA) is 110 Å². The second-order valence-electron chi connectivity index (χ2n) is 7.35. The number of para-hydroxylation sites is 1. The molecule has 1 aliphatic heterocycles. The molecule has 1 fully saturated rings. The molecule has 0 radical (unpaired) electrons. The van der Waals surface area contributed by atoms with E-state index in [1.54, 1.807) is 12.1 Å². The van der Waals surface area contributed by atoms with Gasteiger partial charge in [0.1, 0.15) is 11.6 Å². The van der Waals surface area contributed by atoms with Gasteiger partial charge in [-0.2, -0.15) is 4.98 Å². The van der Waals surface area contributed by atoms with Crippen molar-refractivity contribution < 1.29 is 9.18 Å². The summed E-state index contributed by atoms with van der Waals surface area (Å²) in [4.78, 5) is 23.3. The van der Waals surface area contributed by atoms with Crippen molar-refractivity contribution in [2.24, 2.45) is 5.92 Å². The Bertz CT molecular complexity index is 1060. The van der Waals surface area contributed by atoms with Crippen molar-refractivity contribution in [3.8, 4) is 11.3 Å². The zero-order valence-corrected chi connectivity index (χ0v) is 16.4. The number of anilines is 4. The Labute approximate surface area is 173 Å². The maximum absolute atomic E-state index is 13.9. The lowest BCUT2D eigenvalue weighted by Crippen LogP contribution is -2.41. The van der Waals surface area contributed by atoms with Crippen LogP contribution in [0.25, 0.3) is 11.3 Å². The number of piperidine rings is 1. The first-order chi connectivity index (χ1) is 14.5. The second-order valence-corrected chi connectivity index (χ2v) is 7.35. The van der Waals surface area contributed by atoms with Gasteiger partial charge >= 0.3 is 0 Å². The van der Waals surface area contributed by atoms with E-state index < -0.39 is 5.82 Å². The summed E-state index contributed by atoms with van der Waals surface area (Å²) in [5.74, 6) is 0.00529. The number of rotatable bonds is 4. The number of hydrogen-bond donors (Lipinski definition) is 3. The third-order valence-electron chi connectivity index (χ3n) is 5.18. The third-order valence-corrected chi connectivity index (χ3v) is 5.18. The number of amides is 1. The van der Waals surface area contributed by atoms with Crippen molar-refractivity contribution in [3.63, 3.8) is 0 Å². The largest absolute Gasteiger partial charge is 0.396 e. The lowest BCUT2D eigenvalue weighted by molar-refractivity contribution is -0.120. The molecule has 0 spiro atoms. The van der Waals surface area contributed by atoms with Crippen LogP contribution in [0, 0.1) is 11.7 Å². The third kappa shape index (κ3) is 4.32. The van der Waals surface area contributed by atoms with Crippen molar-refractivity contribution in [1.82, 2.24) is 9.97 Å². The number of nitrogens with two attached hydrogens (primary N) is 2. The molecule has 5 N–H and O–H groups in total. The van der Waals surface area contributed by atoms with Crippen LogP contribution >= 0.6 is 0 Å². The Morgan fingerprint density at radius 2 is 1.90 bits per heavy atom. The van der Waals surface area contributed by atoms with Gasteiger partial charge < -0.3 is 21.7 Å². The monoisotopic (exact) mass is 406 g/mol. The summed E-state index contributed by atoms with van der Waals surface area (Å²) >= 11 is 0. The molecule has 2 aromatic carbocycles. The van der Waals surface area contributed by atoms with Crippen LogP contribution in [0.2, 0.25) is 0 Å². The van der Waals surface area contributed by atoms with Gasteiger partial charge in [0.2, 0.25) is 11.9 Å². The zero-order chi connectivity index (χ0) is 21.1. The summed E-state index contributed by atoms with van der Waals surface area (Å²) in [6.07, 6.45) is 1.65. The highest BCUT2D eigenvalue weighted by atomic mass is 19.1. The lowest BCUT2D eigenvalue weighted by atomic mass is 9.97. The summed E-state index contributed by atoms with van der Waals surface area (Å²) in [6, 6.07) is 15.7. The maximum atomic E-state index is 13.9. The Morgan fingerprint density at radius 1 is 1.10 bits per heavy atom. The predicted octanol–water partition coefficient (Wildman–Crippen LogP) is 3.30. The molecule has 1 amide bonds. The smallest absolute Gasteiger partial charge is 0.229 e. The molecule has 3 aromatic rings. The molecule has 154 valence electrons. The molecule has 1 saturated heterocycles. The fourth-order valence-electron chi connectivity index (χ4n) is 3.61. The highest BCUT2D eigenvalue weighted by molar-refractivity contribution is 5.93. The van der Waals surface area contributed by atoms with Crippen LogP contribution in [-0.2, 0) is 4.79 Å². The molecular weight excluding hydrogens is 383 g/mol. The average molecular weight is 406 g/mol. The standard InChI is InChI=1S/C22H23FN6O/c23-17-11-14(8-9-18(17)24)19-12-20(28-22(25)27-19)29-10-4-5-15(13-29)21(30)26-16-6-2-1-3-7-16/h1-3,6-9,11-12,15H,4-5,10,13,24H2,(H,26,30)(H2,25,27,28)/t15-/m0/s1. The molecule has 7 nitrogen and oxygen atoms in total. The Balaban J connectivity index is 1.54. The summed E-state index contributed by atoms with van der Waals surface area (Å²) < 4.78 is 13.9. The minimum atomic E-state index is -0.512. The van der Waals surface area contributed by atoms with Crippen LogP contribution < -0.4 is 21.7 Å². The van der Waals surface area contributed by atoms with Crippen LogP contribution in [0.1, 0.15) is 12.8 Å². The minimum absolute atomic E-state index is 0.0197. The van der Waals surface area contributed by atoms with Gasteiger partial charge in [-0.05, 0) is 37.1 Å². The highest BCUT2D eigenvalue weighted by Gasteiger charge is 2.27. The first-order valence-electron chi connectivity index (χ1n) is 9.80. The first kappa shape index (κ1) is 19.6. The van der Waals surface area contributed by atoms with Crippen molar-refractivity contribution in [3.05, 3.63) is 60.4 Å². The Morgan fingerprint density at radius 3 is 2.67 bits per heavy atom. The van der Waals surface area contributed by atoms with E-state index in [0.717, 1.165) is 25.1 Å². The van der Waals surface area contributed by atoms with Crippen molar-refractivity contribution >= 4 is 29.0 Å². The summed E-state index contributed by atoms with van der Waals surface area (Å²) in [7, 11) is 0. The minimum Gasteiger partial charge on any atom is -0.396 e. The number of carbonyl (C=O) groups is 1. The van der Waals surface area contributed by atoms with E-state index in [1.807, 2.05) is 35.2 Å². The highest BCUT2D eigenvalue weighted by Crippen LogP contribution is 2.28. The van der Waals surface area contributed by atoms with Crippen molar-refractivity contribution in [1.29, 1.82) is 0 Å². The molecule has 0 bridgehead atoms. The number of carbonyl (C=O) groups excluding carboxylic acids is 1. The van der Waals surface area contributed by atoms with E-state index in [-0.39, 0.29) is 23.5 Å². The van der Waals surface area contributed by atoms with E-state index in [0.29, 0.717) is 23.6 Å². The van der Waals surface area contributed by atoms with Crippen LogP contribution in [0.3, 0.4) is 0 Å². The summed E-state index contributed by atoms with van der Waals surface area (Å²) in [5, 5.41) is 2.97. The molecule has 1 aromatic heterocycles. The van der Waals surface area contributed by atoms with Gasteiger partial charge in [-0.3, -0.25) is 4.79 Å². The van der Waals surface area contributed by atoms with Crippen LogP contribution in [0.5, 0.6) is 0 Å². The van der Waals surface area contributed by atoms with Gasteiger partial charge in [0.05, 0.1) is 17.3 Å². The van der Waals surface area contributed by atoms with Gasteiger partial charge in [0.25, 0.3) is 0 Å². The van der Waals surface area contributed by atoms with Gasteiger partial charge in [-0.15, -0.1) is 0 Å². The van der Waals surface area contributed by atoms with Crippen molar-refractivity contribution in [2.75, 3.05) is 34.8 Å². The normalized spacial score (nSPS) is 16.3. The van der Waals surface area contributed by atoms with Gasteiger partial charge in [-0.1, -0.05) is 24.3 Å². The molecule has 0 aliphatic carbocycles. The van der Waals surface area contributed by atoms with E-state index in [4.69, 9.17) is 11.5 Å². The quantitative estimate of drug-likeness (QED) is 0.574. The van der Waals surface area contributed by atoms with Crippen LogP contribution in [0.15, 0.2) is 54.6 Å². The fourth-order valence-corrected chi connectivity index (χ4v) is 3.61. The van der Waals surface area contributed by atoms with E-state index in [2.05, 4.69) is 15.3 Å². The first-order valence-corrected chi connectivity index (χ1v) is 9.80. The number of aromatic nitrogens is 2. The Hall–Kier alpha value is -3.68. The number of benzene rings is 2. The molecule has 1 atom stereocenters.